The number of aromatic hydroxyl groups is 1. The number of nitrogens with one attached hydrogen (secondary N) is 4. The highest BCUT2D eigenvalue weighted by Crippen LogP contribution is 2.13. The second kappa shape index (κ2) is 21.1. The number of hydrogen-bond acceptors (Lipinski definition) is 9. The summed E-state index contributed by atoms with van der Waals surface area (Å²) < 4.78 is 0. The van der Waals surface area contributed by atoms with E-state index >= 15 is 0 Å². The van der Waals surface area contributed by atoms with Gasteiger partial charge >= 0.3 is 5.97 Å². The Hall–Kier alpha value is -3.75. The van der Waals surface area contributed by atoms with Crippen molar-refractivity contribution in [2.45, 2.75) is 109 Å². The van der Waals surface area contributed by atoms with E-state index in [-0.39, 0.29) is 36.8 Å². The summed E-state index contributed by atoms with van der Waals surface area (Å²) in [5.74, 6) is -3.97. The number of aliphatic carboxylic acids is 1. The van der Waals surface area contributed by atoms with E-state index in [0.717, 1.165) is 6.42 Å². The fourth-order valence-corrected chi connectivity index (χ4v) is 4.77. The second-order valence-electron chi connectivity index (χ2n) is 12.4. The van der Waals surface area contributed by atoms with E-state index in [1.807, 2.05) is 13.8 Å². The summed E-state index contributed by atoms with van der Waals surface area (Å²) in [6.07, 6.45) is 3.29. The van der Waals surface area contributed by atoms with Crippen LogP contribution in [0, 0.1) is 11.8 Å². The molecule has 0 bridgehead atoms. The largest absolute Gasteiger partial charge is 0.508 e. The van der Waals surface area contributed by atoms with Gasteiger partial charge in [0, 0.05) is 6.42 Å². The molecule has 0 fully saturated rings. The van der Waals surface area contributed by atoms with Gasteiger partial charge in [-0.3, -0.25) is 19.2 Å². The van der Waals surface area contributed by atoms with Crippen LogP contribution in [0.25, 0.3) is 0 Å². The number of phenolic OH excluding ortho intramolecular Hbond substituents is 1. The molecule has 1 rings (SSSR count). The molecule has 0 aromatic heterocycles. The number of rotatable bonds is 22. The van der Waals surface area contributed by atoms with E-state index < -0.39 is 59.8 Å². The summed E-state index contributed by atoms with van der Waals surface area (Å²) >= 11 is 0. The molecule has 0 aliphatic carbocycles. The van der Waals surface area contributed by atoms with Crippen LogP contribution in [0.3, 0.4) is 0 Å². The Balaban J connectivity index is 3.10. The van der Waals surface area contributed by atoms with Crippen molar-refractivity contribution in [3.63, 3.8) is 0 Å². The fourth-order valence-electron chi connectivity index (χ4n) is 4.77. The predicted octanol–water partition coefficient (Wildman–Crippen LogP) is 0.246. The number of benzene rings is 1. The quantitative estimate of drug-likeness (QED) is 0.0774. The number of phenols is 1. The van der Waals surface area contributed by atoms with Gasteiger partial charge in [0.1, 0.15) is 29.9 Å². The van der Waals surface area contributed by atoms with Gasteiger partial charge in [0.25, 0.3) is 0 Å². The zero-order chi connectivity index (χ0) is 34.8. The molecular weight excluding hydrogens is 594 g/mol. The summed E-state index contributed by atoms with van der Waals surface area (Å²) in [6.45, 7) is 8.09. The normalized spacial score (nSPS) is 14.5. The lowest BCUT2D eigenvalue weighted by Gasteiger charge is -2.28. The summed E-state index contributed by atoms with van der Waals surface area (Å²) in [6, 6.07) is 0.741. The first-order chi connectivity index (χ1) is 21.7. The topological polar surface area (TPSA) is 252 Å². The van der Waals surface area contributed by atoms with E-state index in [0.29, 0.717) is 44.3 Å². The van der Waals surface area contributed by atoms with Crippen LogP contribution in [0.2, 0.25) is 0 Å². The molecule has 0 spiro atoms. The number of hydrogen-bond donors (Lipinski definition) is 9. The molecule has 0 heterocycles. The van der Waals surface area contributed by atoms with E-state index in [1.165, 1.54) is 12.1 Å². The Bertz CT molecular complexity index is 1110. The van der Waals surface area contributed by atoms with Crippen molar-refractivity contribution >= 4 is 29.6 Å². The fraction of sp³-hybridized carbons (Fsp3) is 0.656. The highest BCUT2D eigenvalue weighted by Gasteiger charge is 2.33. The average Bonchev–Trinajstić information content (AvgIpc) is 2.99. The van der Waals surface area contributed by atoms with E-state index in [4.69, 9.17) is 17.2 Å². The SMILES string of the molecule is CC(C)C[C@H](NC(=O)[C@H](CCCCN)NC(=O)[C@@H](NC(=O)[C@@H](N)CCCCN)C(C)C)C(=O)N[C@@H](Cc1ccc(O)cc1)C(=O)O. The molecule has 0 aliphatic heterocycles. The van der Waals surface area contributed by atoms with Gasteiger partial charge < -0.3 is 48.7 Å². The van der Waals surface area contributed by atoms with Crippen molar-refractivity contribution in [1.82, 2.24) is 21.3 Å². The number of carboxylic acid groups (broad SMARTS) is 1. The molecule has 0 radical (unpaired) electrons. The van der Waals surface area contributed by atoms with Crippen molar-refractivity contribution in [2.24, 2.45) is 29.0 Å². The summed E-state index contributed by atoms with van der Waals surface area (Å²) in [7, 11) is 0. The molecule has 46 heavy (non-hydrogen) atoms. The molecule has 0 aliphatic rings. The van der Waals surface area contributed by atoms with Gasteiger partial charge in [0.05, 0.1) is 6.04 Å². The summed E-state index contributed by atoms with van der Waals surface area (Å²) in [5.41, 5.74) is 17.8. The Morgan fingerprint density at radius 3 is 1.74 bits per heavy atom. The number of carbonyl (C=O) groups excluding carboxylic acids is 4. The van der Waals surface area contributed by atoms with Crippen LogP contribution in [0.15, 0.2) is 24.3 Å². The highest BCUT2D eigenvalue weighted by atomic mass is 16.4. The van der Waals surface area contributed by atoms with E-state index in [1.54, 1.807) is 26.0 Å². The minimum Gasteiger partial charge on any atom is -0.508 e. The predicted molar refractivity (Wildman–Crippen MR) is 175 cm³/mol. The molecule has 0 saturated heterocycles. The number of carbonyl (C=O) groups is 5. The van der Waals surface area contributed by atoms with Gasteiger partial charge in [-0.1, -0.05) is 46.2 Å². The third-order valence-corrected chi connectivity index (χ3v) is 7.46. The maximum atomic E-state index is 13.6. The monoisotopic (exact) mass is 649 g/mol. The number of unbranched alkanes of at least 4 members (excludes halogenated alkanes) is 2. The van der Waals surface area contributed by atoms with Crippen LogP contribution in [-0.2, 0) is 30.4 Å². The molecule has 4 amide bonds. The summed E-state index contributed by atoms with van der Waals surface area (Å²) in [4.78, 5) is 65.1. The van der Waals surface area contributed by atoms with Gasteiger partial charge in [-0.15, -0.1) is 0 Å². The molecule has 1 aromatic carbocycles. The first-order valence-electron chi connectivity index (χ1n) is 16.1. The van der Waals surface area contributed by atoms with Gasteiger partial charge in [-0.05, 0) is 81.1 Å². The van der Waals surface area contributed by atoms with Gasteiger partial charge in [-0.2, -0.15) is 0 Å². The minimum absolute atomic E-state index is 0.0245. The smallest absolute Gasteiger partial charge is 0.326 e. The Morgan fingerprint density at radius 2 is 1.22 bits per heavy atom. The van der Waals surface area contributed by atoms with Crippen molar-refractivity contribution in [1.29, 1.82) is 0 Å². The van der Waals surface area contributed by atoms with Crippen LogP contribution >= 0.6 is 0 Å². The maximum Gasteiger partial charge on any atom is 0.326 e. The van der Waals surface area contributed by atoms with E-state index in [9.17, 15) is 34.2 Å². The molecule has 0 saturated carbocycles. The first kappa shape index (κ1) is 40.3. The lowest BCUT2D eigenvalue weighted by Crippen LogP contribution is -2.59. The number of carboxylic acids is 1. The molecular formula is C32H55N7O7. The zero-order valence-corrected chi connectivity index (χ0v) is 27.6. The lowest BCUT2D eigenvalue weighted by atomic mass is 9.99. The minimum atomic E-state index is -1.29. The van der Waals surface area contributed by atoms with Crippen molar-refractivity contribution in [3.8, 4) is 5.75 Å². The molecule has 14 nitrogen and oxygen atoms in total. The average molecular weight is 650 g/mol. The molecule has 260 valence electrons. The zero-order valence-electron chi connectivity index (χ0n) is 27.6. The maximum absolute atomic E-state index is 13.6. The Morgan fingerprint density at radius 1 is 0.696 bits per heavy atom. The highest BCUT2D eigenvalue weighted by molar-refractivity contribution is 5.95. The Kier molecular flexibility index (Phi) is 18.5. The van der Waals surface area contributed by atoms with Crippen LogP contribution in [0.5, 0.6) is 5.75 Å². The molecule has 0 unspecified atom stereocenters. The van der Waals surface area contributed by atoms with E-state index in [2.05, 4.69) is 21.3 Å². The van der Waals surface area contributed by atoms with Gasteiger partial charge in [0.2, 0.25) is 23.6 Å². The van der Waals surface area contributed by atoms with Crippen LogP contribution in [0.4, 0.5) is 0 Å². The third kappa shape index (κ3) is 15.0. The van der Waals surface area contributed by atoms with Gasteiger partial charge in [-0.25, -0.2) is 4.79 Å². The molecule has 12 N–H and O–H groups in total. The molecule has 1 aromatic rings. The van der Waals surface area contributed by atoms with Gasteiger partial charge in [0.15, 0.2) is 0 Å². The number of nitrogens with two attached hydrogens (primary N) is 3. The van der Waals surface area contributed by atoms with Crippen molar-refractivity contribution in [3.05, 3.63) is 29.8 Å². The van der Waals surface area contributed by atoms with Crippen molar-refractivity contribution < 1.29 is 34.2 Å². The van der Waals surface area contributed by atoms with Crippen LogP contribution < -0.4 is 38.5 Å². The Labute approximate surface area is 272 Å². The molecule has 5 atom stereocenters. The first-order valence-corrected chi connectivity index (χ1v) is 16.1. The number of amides is 4. The second-order valence-corrected chi connectivity index (χ2v) is 12.4. The molecule has 14 heteroatoms. The standard InChI is InChI=1S/C32H55N7O7/c1-19(2)17-25(30(43)38-26(32(45)46)18-21-11-13-22(40)14-12-21)37-29(42)24(10-6-8-16-34)36-31(44)27(20(3)4)39-28(41)23(35)9-5-7-15-33/h11-14,19-20,23-27,40H,5-10,15-18,33-35H2,1-4H3,(H,36,44)(H,37,42)(H,38,43)(H,39,41)(H,45,46)/t23-,24-,25-,26-,27-/m0/s1. The third-order valence-electron chi connectivity index (χ3n) is 7.46. The van der Waals surface area contributed by atoms with Crippen LogP contribution in [-0.4, -0.2) is 83.1 Å². The van der Waals surface area contributed by atoms with Crippen molar-refractivity contribution in [2.75, 3.05) is 13.1 Å². The van der Waals surface area contributed by atoms with Crippen LogP contribution in [0.1, 0.15) is 78.2 Å². The summed E-state index contributed by atoms with van der Waals surface area (Å²) in [5, 5.41) is 30.0. The lowest BCUT2D eigenvalue weighted by molar-refractivity contribution is -0.142.